The third-order valence-electron chi connectivity index (χ3n) is 0. The van der Waals surface area contributed by atoms with Crippen LogP contribution in [0.25, 0.3) is 0 Å². The molecule has 0 saturated carbocycles. The Balaban J connectivity index is 0. The molecule has 0 fully saturated rings. The minimum absolute atomic E-state index is 0. The van der Waals surface area contributed by atoms with Crippen LogP contribution in [0.1, 0.15) is 0 Å². The summed E-state index contributed by atoms with van der Waals surface area (Å²) >= 11 is 0. The Labute approximate surface area is 59.7 Å². The number of hydrogen-bond donors (Lipinski definition) is 0. The molecule has 0 aliphatic carbocycles. The van der Waals surface area contributed by atoms with Crippen molar-refractivity contribution in [1.82, 2.24) is 0 Å². The van der Waals surface area contributed by atoms with Crippen LogP contribution < -0.4 is 0 Å². The summed E-state index contributed by atoms with van der Waals surface area (Å²) in [7, 11) is 0. The molecule has 0 aliphatic heterocycles. The van der Waals surface area contributed by atoms with E-state index in [0.29, 0.717) is 0 Å². The monoisotopic (exact) mass is 50.0 g/mol. The fraction of sp³-hybridized carbons (Fsp3) is 0. The van der Waals surface area contributed by atoms with E-state index in [-0.39, 0.29) is 59.9 Å². The van der Waals surface area contributed by atoms with E-state index >= 15 is 0 Å². The van der Waals surface area contributed by atoms with Crippen molar-refractivity contribution in [3.05, 3.63) is 0 Å². The molecular weight excluding hydrogens is 50.0 g/mol. The summed E-state index contributed by atoms with van der Waals surface area (Å²) in [5.74, 6) is 0. The molecule has 4 heteroatoms. The Morgan fingerprint density at radius 1 is 0.500 bits per heavy atom. The van der Waals surface area contributed by atoms with E-state index < -0.39 is 0 Å². The van der Waals surface area contributed by atoms with Gasteiger partial charge >= 0.3 is 0 Å². The van der Waals surface area contributed by atoms with Crippen molar-refractivity contribution in [3.63, 3.8) is 0 Å². The summed E-state index contributed by atoms with van der Waals surface area (Å²) in [6.07, 6.45) is 0. The van der Waals surface area contributed by atoms with Gasteiger partial charge in [-0.3, -0.25) is 0 Å². The van der Waals surface area contributed by atoms with Gasteiger partial charge in [-0.25, -0.2) is 0 Å². The second kappa shape index (κ2) is 24.4. The smallest absolute Gasteiger partial charge is 0 e. The summed E-state index contributed by atoms with van der Waals surface area (Å²) < 4.78 is 0. The molecule has 0 atom stereocenters. The van der Waals surface area contributed by atoms with Gasteiger partial charge in [0.05, 0.1) is 0 Å². The second-order valence-electron chi connectivity index (χ2n) is 0. The van der Waals surface area contributed by atoms with Crippen LogP contribution in [0.5, 0.6) is 0 Å². The zero-order valence-electron chi connectivity index (χ0n) is 3.12. The molecule has 0 spiro atoms. The molecule has 0 aromatic carbocycles. The van der Waals surface area contributed by atoms with Crippen LogP contribution in [0, 0.1) is 0 Å². The van der Waals surface area contributed by atoms with E-state index in [1.165, 1.54) is 0 Å². The van der Waals surface area contributed by atoms with Gasteiger partial charge in [0.15, 0.2) is 0 Å². The minimum Gasteiger partial charge on any atom is 0 e. The first kappa shape index (κ1) is 49.3. The normalized spacial score (nSPS) is 0. The van der Waals surface area contributed by atoms with Crippen molar-refractivity contribution < 1.29 is 0 Å². The van der Waals surface area contributed by atoms with Crippen LogP contribution in [0.3, 0.4) is 0 Å². The van der Waals surface area contributed by atoms with E-state index in [2.05, 4.69) is 0 Å². The Morgan fingerprint density at radius 2 is 0.500 bits per heavy atom. The zero-order valence-corrected chi connectivity index (χ0v) is 5.12. The maximum Gasteiger partial charge on any atom is 0 e. The Bertz CT molecular complexity index is 3.25. The predicted molar refractivity (Wildman–Crippen MR) is 23.0 cm³/mol. The van der Waals surface area contributed by atoms with Crippen LogP contribution in [0.2, 0.25) is 0 Å². The van der Waals surface area contributed by atoms with Crippen LogP contribution in [0.4, 0.5) is 0 Å². The van der Waals surface area contributed by atoms with Crippen LogP contribution >= 0.6 is 0 Å². The van der Waals surface area contributed by atoms with Gasteiger partial charge in [-0.05, 0) is 0 Å². The molecule has 7 valence electrons. The molecule has 0 aromatic heterocycles. The summed E-state index contributed by atoms with van der Waals surface area (Å²) in [4.78, 5) is 0. The molecule has 0 aliphatic rings. The fourth-order valence-corrected chi connectivity index (χ4v) is 0. The first-order valence-electron chi connectivity index (χ1n) is 0. The predicted octanol–water partition coefficient (Wildman–Crippen LogP) is -1.52. The van der Waals surface area contributed by atoms with Crippen LogP contribution in [0.15, 0.2) is 0 Å². The summed E-state index contributed by atoms with van der Waals surface area (Å²) in [5, 5.41) is 0. The van der Waals surface area contributed by atoms with Gasteiger partial charge in [0.1, 0.15) is 0 Å². The van der Waals surface area contributed by atoms with Gasteiger partial charge in [-0.1, -0.05) is 0 Å². The van der Waals surface area contributed by atoms with Crippen molar-refractivity contribution in [1.29, 1.82) is 0 Å². The molecule has 0 bridgehead atoms. The minimum atomic E-state index is 0. The van der Waals surface area contributed by atoms with E-state index in [9.17, 15) is 0 Å². The average Bonchev–Trinajstić information content (AvgIpc) is 0. The van der Waals surface area contributed by atoms with Crippen molar-refractivity contribution in [3.8, 4) is 0 Å². The van der Waals surface area contributed by atoms with Crippen LogP contribution in [-0.2, 0) is 0 Å². The summed E-state index contributed by atoms with van der Waals surface area (Å²) in [5.41, 5.74) is 0. The number of rotatable bonds is 0. The number of hydrogen-bond acceptors (Lipinski definition) is 0. The third kappa shape index (κ3) is 9.71. The zero-order chi connectivity index (χ0) is 0. The topological polar surface area (TPSA) is 0 Å². The second-order valence-corrected chi connectivity index (χ2v) is 0. The molecular formula is Be3Na. The van der Waals surface area contributed by atoms with Gasteiger partial charge in [0, 0.05) is 59.9 Å². The molecule has 0 amide bonds. The maximum atomic E-state index is 0. The summed E-state index contributed by atoms with van der Waals surface area (Å²) in [6.45, 7) is 0. The molecule has 0 aromatic rings. The maximum absolute atomic E-state index is 0. The Kier molecular flexibility index (Phi) is 301. The average molecular weight is 50.0 g/mol. The molecule has 7 radical (unpaired) electrons. The van der Waals surface area contributed by atoms with E-state index in [0.717, 1.165) is 0 Å². The van der Waals surface area contributed by atoms with Crippen LogP contribution in [-0.4, -0.2) is 59.9 Å². The van der Waals surface area contributed by atoms with Crippen molar-refractivity contribution in [2.75, 3.05) is 0 Å². The molecule has 0 unspecified atom stereocenters. The van der Waals surface area contributed by atoms with Gasteiger partial charge in [-0.2, -0.15) is 0 Å². The van der Waals surface area contributed by atoms with E-state index in [1.54, 1.807) is 0 Å². The van der Waals surface area contributed by atoms with Gasteiger partial charge in [-0.15, -0.1) is 0 Å². The van der Waals surface area contributed by atoms with E-state index in [4.69, 9.17) is 0 Å². The van der Waals surface area contributed by atoms with Crippen molar-refractivity contribution in [2.24, 2.45) is 0 Å². The largest absolute Gasteiger partial charge is 0 e. The quantitative estimate of drug-likeness (QED) is 0.292. The Morgan fingerprint density at radius 3 is 0.500 bits per heavy atom. The van der Waals surface area contributed by atoms with Gasteiger partial charge < -0.3 is 0 Å². The van der Waals surface area contributed by atoms with Gasteiger partial charge in [0.2, 0.25) is 0 Å². The fourth-order valence-electron chi connectivity index (χ4n) is 0. The first-order valence-corrected chi connectivity index (χ1v) is 0. The van der Waals surface area contributed by atoms with Gasteiger partial charge in [0.25, 0.3) is 0 Å². The Hall–Kier alpha value is 1.51. The molecule has 0 nitrogen and oxygen atoms in total. The van der Waals surface area contributed by atoms with Crippen molar-refractivity contribution in [2.45, 2.75) is 0 Å². The molecule has 0 saturated heterocycles. The first-order chi connectivity index (χ1) is 0. The van der Waals surface area contributed by atoms with E-state index in [1.807, 2.05) is 0 Å². The molecule has 0 rings (SSSR count). The SMILES string of the molecule is [Be].[Be].[Be].[Na]. The molecule has 0 heterocycles. The molecule has 0 N–H and O–H groups in total. The third-order valence-corrected chi connectivity index (χ3v) is 0. The standard InChI is InChI=1S/3Be.Na. The summed E-state index contributed by atoms with van der Waals surface area (Å²) in [6, 6.07) is 0. The van der Waals surface area contributed by atoms with Crippen molar-refractivity contribution >= 4 is 59.9 Å². The molecule has 4 heavy (non-hydrogen) atoms.